The van der Waals surface area contributed by atoms with Crippen LogP contribution in [-0.4, -0.2) is 18.5 Å². The molecule has 25 heavy (non-hydrogen) atoms. The van der Waals surface area contributed by atoms with Crippen molar-refractivity contribution in [1.29, 1.82) is 0 Å². The Bertz CT molecular complexity index is 1130. The highest BCUT2D eigenvalue weighted by Gasteiger charge is 2.16. The highest BCUT2D eigenvalue weighted by molar-refractivity contribution is 7.09. The SMILES string of the molecule is Cn1cc(-c2nsc(-c3cn(C)c4ccccc34)n2)c2ccccc21. The summed E-state index contributed by atoms with van der Waals surface area (Å²) in [6.45, 7) is 0. The average molecular weight is 344 g/mol. The van der Waals surface area contributed by atoms with Crippen LogP contribution in [0.4, 0.5) is 0 Å². The van der Waals surface area contributed by atoms with Crippen molar-refractivity contribution in [2.24, 2.45) is 14.1 Å². The minimum atomic E-state index is 0.796. The van der Waals surface area contributed by atoms with Crippen molar-refractivity contribution in [3.05, 3.63) is 60.9 Å². The molecule has 0 N–H and O–H groups in total. The third kappa shape index (κ3) is 2.13. The monoisotopic (exact) mass is 344 g/mol. The van der Waals surface area contributed by atoms with E-state index in [2.05, 4.69) is 88.5 Å². The molecule has 0 aliphatic heterocycles. The van der Waals surface area contributed by atoms with Gasteiger partial charge in [0.25, 0.3) is 0 Å². The first-order valence-electron chi connectivity index (χ1n) is 8.15. The number of nitrogens with zero attached hydrogens (tertiary/aromatic N) is 4. The van der Waals surface area contributed by atoms with Crippen molar-refractivity contribution in [1.82, 2.24) is 18.5 Å². The molecule has 4 nitrogen and oxygen atoms in total. The van der Waals surface area contributed by atoms with Crippen molar-refractivity contribution in [3.8, 4) is 22.0 Å². The van der Waals surface area contributed by atoms with Crippen LogP contribution < -0.4 is 0 Å². The van der Waals surface area contributed by atoms with Gasteiger partial charge in [-0.15, -0.1) is 0 Å². The molecule has 0 saturated carbocycles. The predicted molar refractivity (Wildman–Crippen MR) is 104 cm³/mol. The van der Waals surface area contributed by atoms with Crippen LogP contribution in [0.25, 0.3) is 43.8 Å². The third-order valence-corrected chi connectivity index (χ3v) is 5.44. The van der Waals surface area contributed by atoms with E-state index in [1.165, 1.54) is 33.3 Å². The predicted octanol–water partition coefficient (Wildman–Crippen LogP) is 4.86. The molecular formula is C20H16N4S. The van der Waals surface area contributed by atoms with E-state index < -0.39 is 0 Å². The Labute approximate surface area is 149 Å². The summed E-state index contributed by atoms with van der Waals surface area (Å²) < 4.78 is 8.92. The Morgan fingerprint density at radius 2 is 1.32 bits per heavy atom. The van der Waals surface area contributed by atoms with Crippen LogP contribution in [0.1, 0.15) is 0 Å². The Balaban J connectivity index is 1.68. The first-order valence-corrected chi connectivity index (χ1v) is 8.92. The minimum absolute atomic E-state index is 0.796. The van der Waals surface area contributed by atoms with E-state index in [4.69, 9.17) is 4.98 Å². The lowest BCUT2D eigenvalue weighted by atomic mass is 10.1. The number of aromatic nitrogens is 4. The zero-order chi connectivity index (χ0) is 17.0. The molecule has 0 unspecified atom stereocenters. The zero-order valence-electron chi connectivity index (χ0n) is 14.0. The van der Waals surface area contributed by atoms with E-state index in [0.717, 1.165) is 22.0 Å². The lowest BCUT2D eigenvalue weighted by Gasteiger charge is -1.94. The van der Waals surface area contributed by atoms with Gasteiger partial charge in [0.2, 0.25) is 0 Å². The smallest absolute Gasteiger partial charge is 0.175 e. The van der Waals surface area contributed by atoms with Crippen molar-refractivity contribution in [2.75, 3.05) is 0 Å². The van der Waals surface area contributed by atoms with Crippen LogP contribution in [0.5, 0.6) is 0 Å². The van der Waals surface area contributed by atoms with Gasteiger partial charge in [-0.2, -0.15) is 4.37 Å². The summed E-state index contributed by atoms with van der Waals surface area (Å²) in [5.41, 5.74) is 4.63. The van der Waals surface area contributed by atoms with Crippen LogP contribution >= 0.6 is 11.5 Å². The van der Waals surface area contributed by atoms with E-state index in [0.29, 0.717) is 0 Å². The molecule has 0 amide bonds. The van der Waals surface area contributed by atoms with Gasteiger partial charge in [0.05, 0.1) is 0 Å². The van der Waals surface area contributed by atoms with Crippen LogP contribution in [-0.2, 0) is 14.1 Å². The van der Waals surface area contributed by atoms with Gasteiger partial charge in [-0.3, -0.25) is 0 Å². The maximum Gasteiger partial charge on any atom is 0.175 e. The molecule has 0 spiro atoms. The zero-order valence-corrected chi connectivity index (χ0v) is 14.8. The quantitative estimate of drug-likeness (QED) is 0.459. The van der Waals surface area contributed by atoms with Crippen molar-refractivity contribution in [2.45, 2.75) is 0 Å². The Hall–Kier alpha value is -2.92. The summed E-state index contributed by atoms with van der Waals surface area (Å²) in [5.74, 6) is 0.796. The molecule has 3 heterocycles. The van der Waals surface area contributed by atoms with E-state index in [1.807, 2.05) is 0 Å². The van der Waals surface area contributed by atoms with E-state index in [1.54, 1.807) is 0 Å². The maximum absolute atomic E-state index is 4.86. The van der Waals surface area contributed by atoms with Gasteiger partial charge in [0.1, 0.15) is 5.01 Å². The van der Waals surface area contributed by atoms with Crippen molar-refractivity contribution >= 4 is 33.3 Å². The fraction of sp³-hybridized carbons (Fsp3) is 0.100. The first kappa shape index (κ1) is 14.4. The van der Waals surface area contributed by atoms with Gasteiger partial charge in [-0.1, -0.05) is 36.4 Å². The van der Waals surface area contributed by atoms with E-state index in [-0.39, 0.29) is 0 Å². The molecule has 3 aromatic heterocycles. The number of hydrogen-bond donors (Lipinski definition) is 0. The second kappa shape index (κ2) is 5.29. The molecule has 5 aromatic rings. The number of rotatable bonds is 2. The standard InChI is InChI=1S/C20H16N4S/c1-23-11-15(13-7-3-5-9-17(13)23)19-21-20(25-22-19)16-12-24(2)18-10-6-4-8-14(16)18/h3-12H,1-2H3. The molecule has 0 atom stereocenters. The third-order valence-electron chi connectivity index (χ3n) is 4.69. The Morgan fingerprint density at radius 3 is 2.00 bits per heavy atom. The molecular weight excluding hydrogens is 328 g/mol. The largest absolute Gasteiger partial charge is 0.350 e. The lowest BCUT2D eigenvalue weighted by Crippen LogP contribution is -1.82. The molecule has 5 heteroatoms. The first-order chi connectivity index (χ1) is 12.2. The molecule has 0 bridgehead atoms. The molecule has 2 aromatic carbocycles. The number of aryl methyl sites for hydroxylation is 2. The number of benzene rings is 2. The molecule has 0 aliphatic carbocycles. The summed E-state index contributed by atoms with van der Waals surface area (Å²) in [7, 11) is 4.13. The van der Waals surface area contributed by atoms with Crippen LogP contribution in [0.3, 0.4) is 0 Å². The summed E-state index contributed by atoms with van der Waals surface area (Å²) in [6.07, 6.45) is 4.25. The summed E-state index contributed by atoms with van der Waals surface area (Å²) in [5, 5.41) is 3.36. The molecule has 0 fully saturated rings. The van der Waals surface area contributed by atoms with Gasteiger partial charge in [0, 0.05) is 59.4 Å². The highest BCUT2D eigenvalue weighted by atomic mass is 32.1. The minimum Gasteiger partial charge on any atom is -0.350 e. The summed E-state index contributed by atoms with van der Waals surface area (Å²) >= 11 is 1.46. The van der Waals surface area contributed by atoms with Gasteiger partial charge in [-0.25, -0.2) is 4.98 Å². The van der Waals surface area contributed by atoms with Gasteiger partial charge in [0.15, 0.2) is 5.82 Å². The Morgan fingerprint density at radius 1 is 0.760 bits per heavy atom. The summed E-state index contributed by atoms with van der Waals surface area (Å²) in [6, 6.07) is 16.8. The van der Waals surface area contributed by atoms with Crippen molar-refractivity contribution < 1.29 is 0 Å². The highest BCUT2D eigenvalue weighted by Crippen LogP contribution is 2.35. The number of para-hydroxylation sites is 2. The fourth-order valence-electron chi connectivity index (χ4n) is 3.47. The molecule has 0 aliphatic rings. The van der Waals surface area contributed by atoms with E-state index in [9.17, 15) is 0 Å². The second-order valence-corrected chi connectivity index (χ2v) is 7.02. The molecule has 5 rings (SSSR count). The number of hydrogen-bond acceptors (Lipinski definition) is 3. The normalized spacial score (nSPS) is 11.6. The Kier molecular flexibility index (Phi) is 3.05. The second-order valence-electron chi connectivity index (χ2n) is 6.26. The van der Waals surface area contributed by atoms with Gasteiger partial charge >= 0.3 is 0 Å². The average Bonchev–Trinajstić information content (AvgIpc) is 3.33. The fourth-order valence-corrected chi connectivity index (χ4v) is 4.17. The van der Waals surface area contributed by atoms with Crippen LogP contribution in [0.15, 0.2) is 60.9 Å². The number of fused-ring (bicyclic) bond motifs is 2. The lowest BCUT2D eigenvalue weighted by molar-refractivity contribution is 0.968. The maximum atomic E-state index is 4.86. The molecule has 0 saturated heterocycles. The van der Waals surface area contributed by atoms with Gasteiger partial charge < -0.3 is 9.13 Å². The van der Waals surface area contributed by atoms with Crippen LogP contribution in [0.2, 0.25) is 0 Å². The molecule has 0 radical (unpaired) electrons. The topological polar surface area (TPSA) is 35.6 Å². The summed E-state index contributed by atoms with van der Waals surface area (Å²) in [4.78, 5) is 4.86. The van der Waals surface area contributed by atoms with Crippen molar-refractivity contribution in [3.63, 3.8) is 0 Å². The van der Waals surface area contributed by atoms with Gasteiger partial charge in [-0.05, 0) is 23.7 Å². The van der Waals surface area contributed by atoms with E-state index >= 15 is 0 Å². The molecule has 122 valence electrons. The van der Waals surface area contributed by atoms with Crippen LogP contribution in [0, 0.1) is 0 Å².